The monoisotopic (exact) mass is 264 g/mol. The maximum Gasteiger partial charge on any atom is 0.188 e. The highest BCUT2D eigenvalue weighted by Crippen LogP contribution is 2.39. The maximum absolute atomic E-state index is 11.8. The van der Waals surface area contributed by atoms with E-state index in [0.717, 1.165) is 11.1 Å². The van der Waals surface area contributed by atoms with Gasteiger partial charge in [-0.1, -0.05) is 41.5 Å². The summed E-state index contributed by atoms with van der Waals surface area (Å²) in [5, 5.41) is 19.5. The average Bonchev–Trinajstić information content (AvgIpc) is 2.25. The molecule has 0 unspecified atom stereocenters. The molecule has 3 heteroatoms. The molecule has 0 aliphatic carbocycles. The minimum atomic E-state index is -0.516. The van der Waals surface area contributed by atoms with Gasteiger partial charge in [0.1, 0.15) is 12.4 Å². The Balaban J connectivity index is 3.62. The molecule has 3 nitrogen and oxygen atoms in total. The second kappa shape index (κ2) is 4.97. The van der Waals surface area contributed by atoms with Gasteiger partial charge in [0.25, 0.3) is 0 Å². The van der Waals surface area contributed by atoms with E-state index < -0.39 is 6.61 Å². The number of carbonyl (C=O) groups excluding carboxylic acids is 1. The first-order chi connectivity index (χ1) is 8.48. The van der Waals surface area contributed by atoms with Gasteiger partial charge in [-0.05, 0) is 23.0 Å². The summed E-state index contributed by atoms with van der Waals surface area (Å²) in [6.07, 6.45) is 0. The summed E-state index contributed by atoms with van der Waals surface area (Å²) in [6.45, 7) is 11.4. The Labute approximate surface area is 115 Å². The third kappa shape index (κ3) is 3.35. The number of phenolic OH excluding ortho intramolecular Hbond substituents is 1. The second-order valence-electron chi connectivity index (χ2n) is 7.00. The van der Waals surface area contributed by atoms with Crippen LogP contribution < -0.4 is 0 Å². The fourth-order valence-electron chi connectivity index (χ4n) is 2.03. The van der Waals surface area contributed by atoms with Gasteiger partial charge in [0.2, 0.25) is 0 Å². The number of Topliss-reactive ketones (excluding diaryl/α,β-unsaturated/α-hetero) is 1. The van der Waals surface area contributed by atoms with Crippen LogP contribution in [0.1, 0.15) is 63.0 Å². The first-order valence-electron chi connectivity index (χ1n) is 6.50. The van der Waals surface area contributed by atoms with Crippen molar-refractivity contribution in [3.8, 4) is 5.75 Å². The SMILES string of the molecule is CC(C)(C)c1cc(C(=O)CO)cc(C(C)(C)C)c1O. The van der Waals surface area contributed by atoms with E-state index in [0.29, 0.717) is 5.56 Å². The van der Waals surface area contributed by atoms with E-state index in [1.165, 1.54) is 0 Å². The van der Waals surface area contributed by atoms with Gasteiger partial charge in [-0.15, -0.1) is 0 Å². The molecule has 106 valence electrons. The topological polar surface area (TPSA) is 57.5 Å². The van der Waals surface area contributed by atoms with Crippen LogP contribution in [0.15, 0.2) is 12.1 Å². The fraction of sp³-hybridized carbons (Fsp3) is 0.562. The zero-order chi connectivity index (χ0) is 15.0. The number of carbonyl (C=O) groups is 1. The molecule has 0 saturated heterocycles. The zero-order valence-corrected chi connectivity index (χ0v) is 12.7. The average molecular weight is 264 g/mol. The molecule has 1 rings (SSSR count). The zero-order valence-electron chi connectivity index (χ0n) is 12.7. The van der Waals surface area contributed by atoms with Gasteiger partial charge >= 0.3 is 0 Å². The number of hydrogen-bond donors (Lipinski definition) is 2. The number of benzene rings is 1. The van der Waals surface area contributed by atoms with Crippen molar-refractivity contribution in [2.75, 3.05) is 6.61 Å². The van der Waals surface area contributed by atoms with E-state index in [-0.39, 0.29) is 22.4 Å². The van der Waals surface area contributed by atoms with Crippen LogP contribution in [0.25, 0.3) is 0 Å². The van der Waals surface area contributed by atoms with Crippen molar-refractivity contribution in [2.45, 2.75) is 52.4 Å². The number of rotatable bonds is 2. The normalized spacial score (nSPS) is 12.6. The smallest absolute Gasteiger partial charge is 0.188 e. The van der Waals surface area contributed by atoms with Gasteiger partial charge in [0.15, 0.2) is 5.78 Å². The lowest BCUT2D eigenvalue weighted by atomic mass is 9.78. The number of ketones is 1. The van der Waals surface area contributed by atoms with E-state index in [4.69, 9.17) is 5.11 Å². The summed E-state index contributed by atoms with van der Waals surface area (Å²) in [7, 11) is 0. The van der Waals surface area contributed by atoms with Crippen LogP contribution >= 0.6 is 0 Å². The predicted octanol–water partition coefficient (Wildman–Crippen LogP) is 3.16. The number of phenols is 1. The highest BCUT2D eigenvalue weighted by molar-refractivity contribution is 5.97. The van der Waals surface area contributed by atoms with Crippen LogP contribution in [0.4, 0.5) is 0 Å². The second-order valence-corrected chi connectivity index (χ2v) is 7.00. The van der Waals surface area contributed by atoms with Crippen LogP contribution in [0.5, 0.6) is 5.75 Å². The van der Waals surface area contributed by atoms with E-state index >= 15 is 0 Å². The van der Waals surface area contributed by atoms with Crippen LogP contribution in [0, 0.1) is 0 Å². The number of aliphatic hydroxyl groups is 1. The highest BCUT2D eigenvalue weighted by atomic mass is 16.3. The quantitative estimate of drug-likeness (QED) is 0.807. The Hall–Kier alpha value is -1.35. The molecule has 0 aromatic heterocycles. The molecule has 0 saturated carbocycles. The molecule has 0 aliphatic heterocycles. The van der Waals surface area contributed by atoms with Crippen molar-refractivity contribution >= 4 is 5.78 Å². The lowest BCUT2D eigenvalue weighted by Crippen LogP contribution is -2.19. The highest BCUT2D eigenvalue weighted by Gasteiger charge is 2.27. The summed E-state index contributed by atoms with van der Waals surface area (Å²) >= 11 is 0. The molecule has 1 aromatic carbocycles. The van der Waals surface area contributed by atoms with Gasteiger partial charge in [-0.25, -0.2) is 0 Å². The molecule has 0 spiro atoms. The van der Waals surface area contributed by atoms with Gasteiger partial charge in [-0.2, -0.15) is 0 Å². The lowest BCUT2D eigenvalue weighted by Gasteiger charge is -2.28. The molecule has 19 heavy (non-hydrogen) atoms. The van der Waals surface area contributed by atoms with E-state index in [2.05, 4.69) is 0 Å². The van der Waals surface area contributed by atoms with E-state index in [1.807, 2.05) is 41.5 Å². The van der Waals surface area contributed by atoms with Gasteiger partial charge in [-0.3, -0.25) is 4.79 Å². The van der Waals surface area contributed by atoms with Gasteiger partial charge in [0.05, 0.1) is 0 Å². The standard InChI is InChI=1S/C16H24O3/c1-15(2,3)11-7-10(13(18)9-17)8-12(14(11)19)16(4,5)6/h7-8,17,19H,9H2,1-6H3. The molecule has 0 atom stereocenters. The molecule has 2 N–H and O–H groups in total. The van der Waals surface area contributed by atoms with Crippen molar-refractivity contribution in [3.05, 3.63) is 28.8 Å². The van der Waals surface area contributed by atoms with E-state index in [1.54, 1.807) is 12.1 Å². The minimum absolute atomic E-state index is 0.245. The molecule has 0 heterocycles. The largest absolute Gasteiger partial charge is 0.507 e. The molecular weight excluding hydrogens is 240 g/mol. The molecule has 0 amide bonds. The fourth-order valence-corrected chi connectivity index (χ4v) is 2.03. The van der Waals surface area contributed by atoms with Crippen LogP contribution in [-0.4, -0.2) is 22.6 Å². The Morgan fingerprint density at radius 2 is 1.37 bits per heavy atom. The van der Waals surface area contributed by atoms with Crippen molar-refractivity contribution in [2.24, 2.45) is 0 Å². The molecule has 1 aromatic rings. The Morgan fingerprint density at radius 1 is 1.00 bits per heavy atom. The van der Waals surface area contributed by atoms with Crippen molar-refractivity contribution in [3.63, 3.8) is 0 Å². The first-order valence-corrected chi connectivity index (χ1v) is 6.50. The number of hydrogen-bond acceptors (Lipinski definition) is 3. The van der Waals surface area contributed by atoms with Crippen molar-refractivity contribution in [1.82, 2.24) is 0 Å². The Morgan fingerprint density at radius 3 is 1.63 bits per heavy atom. The summed E-state index contributed by atoms with van der Waals surface area (Å²) in [4.78, 5) is 11.8. The molecule has 0 bridgehead atoms. The molecule has 0 radical (unpaired) electrons. The van der Waals surface area contributed by atoms with Gasteiger partial charge < -0.3 is 10.2 Å². The van der Waals surface area contributed by atoms with Crippen LogP contribution in [0.2, 0.25) is 0 Å². The van der Waals surface area contributed by atoms with Crippen molar-refractivity contribution in [1.29, 1.82) is 0 Å². The van der Waals surface area contributed by atoms with Crippen LogP contribution in [0.3, 0.4) is 0 Å². The summed E-state index contributed by atoms with van der Waals surface area (Å²) < 4.78 is 0. The third-order valence-electron chi connectivity index (χ3n) is 3.19. The van der Waals surface area contributed by atoms with Gasteiger partial charge in [0, 0.05) is 16.7 Å². The van der Waals surface area contributed by atoms with Crippen LogP contribution in [-0.2, 0) is 10.8 Å². The molecular formula is C16H24O3. The Kier molecular flexibility index (Phi) is 4.11. The van der Waals surface area contributed by atoms with E-state index in [9.17, 15) is 9.90 Å². The number of aromatic hydroxyl groups is 1. The van der Waals surface area contributed by atoms with Crippen molar-refractivity contribution < 1.29 is 15.0 Å². The predicted molar refractivity (Wildman–Crippen MR) is 76.9 cm³/mol. The molecule has 0 aliphatic rings. The maximum atomic E-state index is 11.8. The Bertz CT molecular complexity index is 453. The molecule has 0 fully saturated rings. The lowest BCUT2D eigenvalue weighted by molar-refractivity contribution is 0.0903. The summed E-state index contributed by atoms with van der Waals surface area (Å²) in [6, 6.07) is 3.37. The third-order valence-corrected chi connectivity index (χ3v) is 3.19. The first kappa shape index (κ1) is 15.7. The minimum Gasteiger partial charge on any atom is -0.507 e. The summed E-state index contributed by atoms with van der Waals surface area (Å²) in [5.74, 6) is -0.0783. The number of aliphatic hydroxyl groups excluding tert-OH is 1. The summed E-state index contributed by atoms with van der Waals surface area (Å²) in [5.41, 5.74) is 1.38.